The van der Waals surface area contributed by atoms with Gasteiger partial charge in [0.2, 0.25) is 12.7 Å². The zero-order valence-corrected chi connectivity index (χ0v) is 14.9. The molecule has 0 saturated heterocycles. The first-order chi connectivity index (χ1) is 12.7. The molecule has 5 nitrogen and oxygen atoms in total. The second-order valence-electron chi connectivity index (χ2n) is 5.84. The van der Waals surface area contributed by atoms with Gasteiger partial charge >= 0.3 is 0 Å². The molecule has 6 heteroatoms. The fourth-order valence-corrected chi connectivity index (χ4v) is 3.24. The quantitative estimate of drug-likeness (QED) is 0.693. The highest BCUT2D eigenvalue weighted by atomic mass is 32.1. The van der Waals surface area contributed by atoms with Gasteiger partial charge in [0, 0.05) is 17.0 Å². The summed E-state index contributed by atoms with van der Waals surface area (Å²) in [6.45, 7) is 2.27. The van der Waals surface area contributed by atoms with Crippen molar-refractivity contribution in [1.82, 2.24) is 4.98 Å². The highest BCUT2D eigenvalue weighted by Gasteiger charge is 2.15. The number of benzene rings is 2. The van der Waals surface area contributed by atoms with E-state index in [2.05, 4.69) is 10.3 Å². The summed E-state index contributed by atoms with van der Waals surface area (Å²) in [5, 5.41) is 5.24. The van der Waals surface area contributed by atoms with E-state index in [-0.39, 0.29) is 12.7 Å². The SMILES string of the molecule is Cc1ccc(/C=C/C(=O)Nc2nc(-c3ccc4c(c3)OCO4)cs2)cc1. The Kier molecular flexibility index (Phi) is 4.41. The fraction of sp³-hybridized carbons (Fsp3) is 0.100. The Morgan fingerprint density at radius 2 is 1.96 bits per heavy atom. The minimum absolute atomic E-state index is 0.211. The molecule has 1 N–H and O–H groups in total. The number of thiazole rings is 1. The van der Waals surface area contributed by atoms with Crippen LogP contribution in [0.15, 0.2) is 53.9 Å². The van der Waals surface area contributed by atoms with Gasteiger partial charge in [-0.05, 0) is 36.8 Å². The Bertz CT molecular complexity index is 977. The third kappa shape index (κ3) is 3.60. The van der Waals surface area contributed by atoms with Crippen molar-refractivity contribution in [3.63, 3.8) is 0 Å². The van der Waals surface area contributed by atoms with Crippen molar-refractivity contribution in [3.8, 4) is 22.8 Å². The summed E-state index contributed by atoms with van der Waals surface area (Å²) in [6.07, 6.45) is 3.29. The molecule has 0 unspecified atom stereocenters. The van der Waals surface area contributed by atoms with E-state index in [0.717, 1.165) is 22.6 Å². The van der Waals surface area contributed by atoms with Crippen LogP contribution < -0.4 is 14.8 Å². The molecule has 130 valence electrons. The molecule has 0 atom stereocenters. The lowest BCUT2D eigenvalue weighted by Gasteiger charge is -2.00. The predicted octanol–water partition coefficient (Wildman–Crippen LogP) is 4.50. The molecule has 4 rings (SSSR count). The molecule has 1 amide bonds. The Morgan fingerprint density at radius 1 is 1.15 bits per heavy atom. The number of nitrogens with zero attached hydrogens (tertiary/aromatic N) is 1. The van der Waals surface area contributed by atoms with E-state index < -0.39 is 0 Å². The Hall–Kier alpha value is -3.12. The average molecular weight is 364 g/mol. The number of aromatic nitrogens is 1. The molecule has 26 heavy (non-hydrogen) atoms. The minimum Gasteiger partial charge on any atom is -0.454 e. The molecule has 2 aromatic carbocycles. The van der Waals surface area contributed by atoms with E-state index in [1.807, 2.05) is 54.8 Å². The minimum atomic E-state index is -0.211. The third-order valence-corrected chi connectivity index (χ3v) is 4.66. The molecule has 1 aromatic heterocycles. The van der Waals surface area contributed by atoms with Crippen molar-refractivity contribution in [2.75, 3.05) is 12.1 Å². The number of anilines is 1. The lowest BCUT2D eigenvalue weighted by molar-refractivity contribution is -0.111. The summed E-state index contributed by atoms with van der Waals surface area (Å²) in [5.74, 6) is 1.23. The van der Waals surface area contributed by atoms with Crippen molar-refractivity contribution < 1.29 is 14.3 Å². The molecule has 1 aliphatic heterocycles. The summed E-state index contributed by atoms with van der Waals surface area (Å²) in [7, 11) is 0. The maximum Gasteiger partial charge on any atom is 0.250 e. The van der Waals surface area contributed by atoms with Crippen LogP contribution in [0.1, 0.15) is 11.1 Å². The molecule has 0 aliphatic carbocycles. The fourth-order valence-electron chi connectivity index (χ4n) is 2.52. The van der Waals surface area contributed by atoms with Crippen LogP contribution in [0.25, 0.3) is 17.3 Å². The van der Waals surface area contributed by atoms with Crippen molar-refractivity contribution >= 4 is 28.5 Å². The van der Waals surface area contributed by atoms with E-state index in [4.69, 9.17) is 9.47 Å². The van der Waals surface area contributed by atoms with Crippen molar-refractivity contribution in [2.24, 2.45) is 0 Å². The maximum atomic E-state index is 12.1. The van der Waals surface area contributed by atoms with Crippen LogP contribution in [0, 0.1) is 6.92 Å². The normalized spacial score (nSPS) is 12.5. The highest BCUT2D eigenvalue weighted by molar-refractivity contribution is 7.14. The van der Waals surface area contributed by atoms with Gasteiger partial charge in [0.05, 0.1) is 5.69 Å². The smallest absolute Gasteiger partial charge is 0.250 e. The summed E-state index contributed by atoms with van der Waals surface area (Å²) in [6, 6.07) is 13.6. The first-order valence-electron chi connectivity index (χ1n) is 8.09. The molecular formula is C20H16N2O3S. The van der Waals surface area contributed by atoms with Gasteiger partial charge in [0.15, 0.2) is 16.6 Å². The predicted molar refractivity (Wildman–Crippen MR) is 103 cm³/mol. The highest BCUT2D eigenvalue weighted by Crippen LogP contribution is 2.36. The van der Waals surface area contributed by atoms with E-state index in [0.29, 0.717) is 10.9 Å². The molecule has 3 aromatic rings. The summed E-state index contributed by atoms with van der Waals surface area (Å²) in [5.41, 5.74) is 3.86. The van der Waals surface area contributed by atoms with Crippen molar-refractivity contribution in [2.45, 2.75) is 6.92 Å². The van der Waals surface area contributed by atoms with Gasteiger partial charge in [0.25, 0.3) is 0 Å². The van der Waals surface area contributed by atoms with E-state index in [9.17, 15) is 4.79 Å². The largest absolute Gasteiger partial charge is 0.454 e. The number of hydrogen-bond acceptors (Lipinski definition) is 5. The van der Waals surface area contributed by atoms with Crippen LogP contribution in [-0.4, -0.2) is 17.7 Å². The number of nitrogens with one attached hydrogen (secondary N) is 1. The third-order valence-electron chi connectivity index (χ3n) is 3.91. The topological polar surface area (TPSA) is 60.5 Å². The summed E-state index contributed by atoms with van der Waals surface area (Å²) < 4.78 is 10.7. The van der Waals surface area contributed by atoms with Gasteiger partial charge in [-0.2, -0.15) is 0 Å². The number of rotatable bonds is 4. The summed E-state index contributed by atoms with van der Waals surface area (Å²) >= 11 is 1.38. The molecule has 0 bridgehead atoms. The average Bonchev–Trinajstić information content (AvgIpc) is 3.29. The standard InChI is InChI=1S/C20H16N2O3S/c1-13-2-4-14(5-3-13)6-9-19(23)22-20-21-16(11-26-20)15-7-8-17-18(10-15)25-12-24-17/h2-11H,12H2,1H3,(H,21,22,23)/b9-6+. The van der Waals surface area contributed by atoms with Gasteiger partial charge < -0.3 is 9.47 Å². The van der Waals surface area contributed by atoms with Crippen LogP contribution in [0.4, 0.5) is 5.13 Å². The molecular weight excluding hydrogens is 348 g/mol. The van der Waals surface area contributed by atoms with Gasteiger partial charge in [-0.1, -0.05) is 29.8 Å². The van der Waals surface area contributed by atoms with Crippen LogP contribution in [-0.2, 0) is 4.79 Å². The second kappa shape index (κ2) is 7.01. The van der Waals surface area contributed by atoms with E-state index in [1.165, 1.54) is 23.0 Å². The second-order valence-corrected chi connectivity index (χ2v) is 6.70. The van der Waals surface area contributed by atoms with Gasteiger partial charge in [-0.25, -0.2) is 4.98 Å². The number of hydrogen-bond donors (Lipinski definition) is 1. The van der Waals surface area contributed by atoms with Crippen molar-refractivity contribution in [1.29, 1.82) is 0 Å². The van der Waals surface area contributed by atoms with E-state index >= 15 is 0 Å². The van der Waals surface area contributed by atoms with Crippen LogP contribution in [0.5, 0.6) is 11.5 Å². The molecule has 0 radical (unpaired) electrons. The molecule has 0 spiro atoms. The Morgan fingerprint density at radius 3 is 2.81 bits per heavy atom. The van der Waals surface area contributed by atoms with Crippen LogP contribution >= 0.6 is 11.3 Å². The van der Waals surface area contributed by atoms with Crippen molar-refractivity contribution in [3.05, 3.63) is 65.0 Å². The number of ether oxygens (including phenoxy) is 2. The number of amides is 1. The molecule has 1 aliphatic rings. The van der Waals surface area contributed by atoms with E-state index in [1.54, 1.807) is 6.08 Å². The monoisotopic (exact) mass is 364 g/mol. The Balaban J connectivity index is 1.43. The lowest BCUT2D eigenvalue weighted by atomic mass is 10.1. The molecule has 0 saturated carbocycles. The first kappa shape index (κ1) is 16.4. The zero-order valence-electron chi connectivity index (χ0n) is 14.1. The number of carbonyl (C=O) groups excluding carboxylic acids is 1. The van der Waals surface area contributed by atoms with Gasteiger partial charge in [-0.15, -0.1) is 11.3 Å². The zero-order chi connectivity index (χ0) is 17.9. The first-order valence-corrected chi connectivity index (χ1v) is 8.97. The number of fused-ring (bicyclic) bond motifs is 1. The molecule has 0 fully saturated rings. The molecule has 2 heterocycles. The maximum absolute atomic E-state index is 12.1. The van der Waals surface area contributed by atoms with Crippen LogP contribution in [0.2, 0.25) is 0 Å². The summed E-state index contributed by atoms with van der Waals surface area (Å²) in [4.78, 5) is 16.6. The van der Waals surface area contributed by atoms with Gasteiger partial charge in [0.1, 0.15) is 0 Å². The Labute approximate surface area is 154 Å². The number of carbonyl (C=O) groups is 1. The number of aryl methyl sites for hydroxylation is 1. The lowest BCUT2D eigenvalue weighted by Crippen LogP contribution is -2.07. The van der Waals surface area contributed by atoms with Crippen LogP contribution in [0.3, 0.4) is 0 Å². The van der Waals surface area contributed by atoms with Gasteiger partial charge in [-0.3, -0.25) is 10.1 Å².